The molecule has 0 unspecified atom stereocenters. The number of rotatable bonds is 5. The Morgan fingerprint density at radius 1 is 1.57 bits per heavy atom. The van der Waals surface area contributed by atoms with Crippen LogP contribution in [0.25, 0.3) is 0 Å². The zero-order chi connectivity index (χ0) is 11.2. The normalized spacial score (nSPS) is 11.5. The fraction of sp³-hybridized carbons (Fsp3) is 0.778. The predicted octanol–water partition coefficient (Wildman–Crippen LogP) is 0.414. The average Bonchev–Trinajstić information content (AvgIpc) is 2.00. The number of carbonyl (C=O) groups excluding carboxylic acids is 1. The van der Waals surface area contributed by atoms with E-state index in [4.69, 9.17) is 10.1 Å². The van der Waals surface area contributed by atoms with Gasteiger partial charge in [-0.3, -0.25) is 10.2 Å². The summed E-state index contributed by atoms with van der Waals surface area (Å²) >= 11 is 0. The molecule has 0 aromatic carbocycles. The first kappa shape index (κ1) is 13.1. The third-order valence-electron chi connectivity index (χ3n) is 1.37. The zero-order valence-corrected chi connectivity index (χ0v) is 9.26. The summed E-state index contributed by atoms with van der Waals surface area (Å²) in [5.74, 6) is -0.297. The molecule has 0 aliphatic rings. The van der Waals surface area contributed by atoms with E-state index < -0.39 is 5.60 Å². The van der Waals surface area contributed by atoms with Gasteiger partial charge in [-0.15, -0.1) is 0 Å². The monoisotopic (exact) mass is 201 g/mol. The van der Waals surface area contributed by atoms with Gasteiger partial charge >= 0.3 is 5.97 Å². The van der Waals surface area contributed by atoms with Crippen LogP contribution in [0.3, 0.4) is 0 Å². The van der Waals surface area contributed by atoms with Gasteiger partial charge in [-0.1, -0.05) is 0 Å². The molecule has 0 spiro atoms. The van der Waals surface area contributed by atoms with Crippen molar-refractivity contribution in [1.82, 2.24) is 10.4 Å². The van der Waals surface area contributed by atoms with Crippen LogP contribution in [0.2, 0.25) is 0 Å². The summed E-state index contributed by atoms with van der Waals surface area (Å²) in [6.07, 6.45) is 1.22. The minimum Gasteiger partial charge on any atom is -0.459 e. The Labute approximate surface area is 84.9 Å². The highest BCUT2D eigenvalue weighted by atomic mass is 16.6. The van der Waals surface area contributed by atoms with Crippen molar-refractivity contribution in [2.45, 2.75) is 26.4 Å². The van der Waals surface area contributed by atoms with E-state index in [0.29, 0.717) is 6.54 Å². The van der Waals surface area contributed by atoms with Gasteiger partial charge in [0.2, 0.25) is 0 Å². The molecule has 5 nitrogen and oxygen atoms in total. The van der Waals surface area contributed by atoms with Gasteiger partial charge in [-0.2, -0.15) is 0 Å². The summed E-state index contributed by atoms with van der Waals surface area (Å²) in [4.78, 5) is 11.3. The fourth-order valence-corrected chi connectivity index (χ4v) is 0.875. The lowest BCUT2D eigenvalue weighted by molar-refractivity contribution is -0.156. The molecule has 0 saturated heterocycles. The summed E-state index contributed by atoms with van der Waals surface area (Å²) in [5.41, 5.74) is 2.34. The molecule has 0 bridgehead atoms. The number of carbonyl (C=O) groups is 1. The van der Waals surface area contributed by atoms with Gasteiger partial charge in [0.15, 0.2) is 0 Å². The number of ether oxygens (including phenoxy) is 1. The smallest absolute Gasteiger partial charge is 0.322 e. The highest BCUT2D eigenvalue weighted by Gasteiger charge is 2.17. The first-order valence-electron chi connectivity index (χ1n) is 4.52. The van der Waals surface area contributed by atoms with E-state index in [2.05, 4.69) is 5.43 Å². The van der Waals surface area contributed by atoms with Crippen molar-refractivity contribution in [2.24, 2.45) is 0 Å². The van der Waals surface area contributed by atoms with Crippen LogP contribution in [0.15, 0.2) is 0 Å². The molecule has 0 aliphatic carbocycles. The van der Waals surface area contributed by atoms with Crippen molar-refractivity contribution in [2.75, 3.05) is 20.1 Å². The average molecular weight is 201 g/mol. The van der Waals surface area contributed by atoms with E-state index in [1.165, 1.54) is 6.21 Å². The summed E-state index contributed by atoms with van der Waals surface area (Å²) in [6.45, 7) is 6.00. The number of hydrogen-bond acceptors (Lipinski definition) is 5. The second-order valence-corrected chi connectivity index (χ2v) is 3.89. The van der Waals surface area contributed by atoms with E-state index in [1.807, 2.05) is 20.8 Å². The van der Waals surface area contributed by atoms with Crippen LogP contribution in [0.4, 0.5) is 0 Å². The maximum Gasteiger partial charge on any atom is 0.322 e. The van der Waals surface area contributed by atoms with Crippen molar-refractivity contribution in [3.63, 3.8) is 0 Å². The molecule has 0 atom stereocenters. The molecule has 0 radical (unpaired) electrons. The van der Waals surface area contributed by atoms with Crippen LogP contribution in [0, 0.1) is 5.41 Å². The van der Waals surface area contributed by atoms with Crippen LogP contribution >= 0.6 is 0 Å². The highest BCUT2D eigenvalue weighted by Crippen LogP contribution is 2.06. The lowest BCUT2D eigenvalue weighted by atomic mass is 10.2. The Morgan fingerprint density at radius 2 is 2.14 bits per heavy atom. The van der Waals surface area contributed by atoms with Crippen molar-refractivity contribution in [1.29, 1.82) is 5.41 Å². The second-order valence-electron chi connectivity index (χ2n) is 3.89. The number of nitrogens with one attached hydrogen (secondary N) is 2. The molecule has 0 heterocycles. The van der Waals surface area contributed by atoms with Gasteiger partial charge in [0, 0.05) is 12.8 Å². The Kier molecular flexibility index (Phi) is 5.34. The molecule has 0 amide bonds. The van der Waals surface area contributed by atoms with Gasteiger partial charge in [0.25, 0.3) is 0 Å². The third-order valence-corrected chi connectivity index (χ3v) is 1.37. The molecule has 0 rings (SSSR count). The summed E-state index contributed by atoms with van der Waals surface area (Å²) < 4.78 is 5.12. The molecule has 0 fully saturated rings. The Morgan fingerprint density at radius 3 is 2.50 bits per heavy atom. The van der Waals surface area contributed by atoms with Crippen LogP contribution in [0.1, 0.15) is 20.8 Å². The van der Waals surface area contributed by atoms with E-state index >= 15 is 0 Å². The fourth-order valence-electron chi connectivity index (χ4n) is 0.875. The maximum atomic E-state index is 11.3. The first-order valence-corrected chi connectivity index (χ1v) is 4.52. The summed E-state index contributed by atoms with van der Waals surface area (Å²) in [7, 11) is 1.70. The second kappa shape index (κ2) is 5.72. The van der Waals surface area contributed by atoms with Gasteiger partial charge in [0.05, 0.1) is 0 Å². The molecule has 0 aromatic heterocycles. The van der Waals surface area contributed by atoms with E-state index in [0.717, 1.165) is 0 Å². The molecular weight excluding hydrogens is 182 g/mol. The highest BCUT2D eigenvalue weighted by molar-refractivity contribution is 5.72. The molecule has 14 heavy (non-hydrogen) atoms. The molecule has 0 aromatic rings. The first-order chi connectivity index (χ1) is 6.39. The number of hydrazine groups is 1. The van der Waals surface area contributed by atoms with Crippen molar-refractivity contribution >= 4 is 12.2 Å². The Balaban J connectivity index is 3.96. The number of hydrogen-bond donors (Lipinski definition) is 2. The van der Waals surface area contributed by atoms with Crippen LogP contribution in [-0.2, 0) is 9.53 Å². The van der Waals surface area contributed by atoms with E-state index in [9.17, 15) is 4.79 Å². The van der Waals surface area contributed by atoms with Crippen LogP contribution in [-0.4, -0.2) is 42.9 Å². The molecule has 5 heteroatoms. The van der Waals surface area contributed by atoms with Crippen molar-refractivity contribution in [3.8, 4) is 0 Å². The molecule has 0 saturated carbocycles. The Bertz CT molecular complexity index is 199. The number of esters is 1. The Hall–Kier alpha value is -0.940. The lowest BCUT2D eigenvalue weighted by Crippen LogP contribution is -2.42. The van der Waals surface area contributed by atoms with Gasteiger partial charge < -0.3 is 10.1 Å². The third kappa shape index (κ3) is 6.56. The molecule has 2 N–H and O–H groups in total. The summed E-state index contributed by atoms with van der Waals surface area (Å²) in [5, 5.41) is 8.50. The van der Waals surface area contributed by atoms with Gasteiger partial charge in [0.1, 0.15) is 12.1 Å². The van der Waals surface area contributed by atoms with Crippen molar-refractivity contribution in [3.05, 3.63) is 0 Å². The number of nitrogens with zero attached hydrogens (tertiary/aromatic N) is 1. The largest absolute Gasteiger partial charge is 0.459 e. The van der Waals surface area contributed by atoms with Gasteiger partial charge in [-0.25, -0.2) is 5.01 Å². The molecule has 82 valence electrons. The van der Waals surface area contributed by atoms with Gasteiger partial charge in [-0.05, 0) is 27.8 Å². The topological polar surface area (TPSA) is 65.4 Å². The maximum absolute atomic E-state index is 11.3. The quantitative estimate of drug-likeness (QED) is 0.384. The minimum atomic E-state index is -0.457. The standard InChI is InChI=1S/C9H19N3O2/c1-9(2,3)14-8(13)7-12(11-4)6-5-10/h5,10-11H,6-7H2,1-4H3. The molecular formula is C9H19N3O2. The van der Waals surface area contributed by atoms with Crippen LogP contribution in [0.5, 0.6) is 0 Å². The van der Waals surface area contributed by atoms with E-state index in [-0.39, 0.29) is 12.5 Å². The zero-order valence-electron chi connectivity index (χ0n) is 9.26. The predicted molar refractivity (Wildman–Crippen MR) is 55.3 cm³/mol. The SMILES string of the molecule is CNN(CC=N)CC(=O)OC(C)(C)C. The van der Waals surface area contributed by atoms with Crippen molar-refractivity contribution < 1.29 is 9.53 Å². The lowest BCUT2D eigenvalue weighted by Gasteiger charge is -2.23. The van der Waals surface area contributed by atoms with E-state index in [1.54, 1.807) is 12.1 Å². The van der Waals surface area contributed by atoms with Crippen LogP contribution < -0.4 is 5.43 Å². The summed E-state index contributed by atoms with van der Waals surface area (Å²) in [6, 6.07) is 0. The molecule has 0 aliphatic heterocycles. The minimum absolute atomic E-state index is 0.142.